The van der Waals surface area contributed by atoms with Crippen molar-refractivity contribution in [1.29, 1.82) is 0 Å². The molecule has 3 nitrogen and oxygen atoms in total. The van der Waals surface area contributed by atoms with Crippen LogP contribution >= 0.6 is 11.6 Å². The number of halogens is 1. The third kappa shape index (κ3) is 3.98. The lowest BCUT2D eigenvalue weighted by Gasteiger charge is -2.11. The van der Waals surface area contributed by atoms with Crippen LogP contribution in [0.1, 0.15) is 6.42 Å². The smallest absolute Gasteiger partial charge is 0.142 e. The second-order valence-corrected chi connectivity index (χ2v) is 3.66. The normalized spacial score (nSPS) is 10.1. The van der Waals surface area contributed by atoms with Crippen molar-refractivity contribution in [3.8, 4) is 5.75 Å². The summed E-state index contributed by atoms with van der Waals surface area (Å²) in [5.41, 5.74) is 0.945. The van der Waals surface area contributed by atoms with Crippen molar-refractivity contribution in [3.63, 3.8) is 0 Å². The maximum atomic E-state index is 5.91. The molecule has 0 heterocycles. The molecule has 2 N–H and O–H groups in total. The van der Waals surface area contributed by atoms with Gasteiger partial charge in [0.15, 0.2) is 0 Å². The van der Waals surface area contributed by atoms with Gasteiger partial charge in [-0.1, -0.05) is 11.6 Å². The Labute approximate surface area is 95.8 Å². The summed E-state index contributed by atoms with van der Waals surface area (Å²) >= 11 is 5.91. The molecule has 1 aromatic rings. The first-order valence-electron chi connectivity index (χ1n) is 5.00. The Morgan fingerprint density at radius 3 is 2.80 bits per heavy atom. The fourth-order valence-electron chi connectivity index (χ4n) is 1.31. The van der Waals surface area contributed by atoms with Crippen molar-refractivity contribution < 1.29 is 4.74 Å². The van der Waals surface area contributed by atoms with Crippen molar-refractivity contribution >= 4 is 17.3 Å². The second-order valence-electron chi connectivity index (χ2n) is 3.23. The van der Waals surface area contributed by atoms with E-state index in [4.69, 9.17) is 16.3 Å². The summed E-state index contributed by atoms with van der Waals surface area (Å²) in [5.74, 6) is 0.823. The highest BCUT2D eigenvalue weighted by Crippen LogP contribution is 2.27. The lowest BCUT2D eigenvalue weighted by Crippen LogP contribution is -2.13. The lowest BCUT2D eigenvalue weighted by atomic mass is 10.3. The van der Waals surface area contributed by atoms with Crippen LogP contribution in [-0.2, 0) is 0 Å². The maximum Gasteiger partial charge on any atom is 0.142 e. The average Bonchev–Trinajstić information content (AvgIpc) is 2.25. The third-order valence-electron chi connectivity index (χ3n) is 2.08. The molecular weight excluding hydrogens is 212 g/mol. The summed E-state index contributed by atoms with van der Waals surface area (Å²) in [4.78, 5) is 0. The third-order valence-corrected chi connectivity index (χ3v) is 2.32. The van der Waals surface area contributed by atoms with Gasteiger partial charge >= 0.3 is 0 Å². The fraction of sp³-hybridized carbons (Fsp3) is 0.455. The molecule has 0 aliphatic heterocycles. The lowest BCUT2D eigenvalue weighted by molar-refractivity contribution is 0.416. The predicted molar refractivity (Wildman–Crippen MR) is 65.0 cm³/mol. The number of hydrogen-bond acceptors (Lipinski definition) is 3. The zero-order chi connectivity index (χ0) is 11.1. The van der Waals surface area contributed by atoms with Gasteiger partial charge in [0.05, 0.1) is 12.8 Å². The standard InChI is InChI=1S/C11H17ClN2O/c1-13-6-3-7-14-10-8-9(12)4-5-11(10)15-2/h4-5,8,13-14H,3,6-7H2,1-2H3. The van der Waals surface area contributed by atoms with E-state index < -0.39 is 0 Å². The monoisotopic (exact) mass is 228 g/mol. The molecule has 15 heavy (non-hydrogen) atoms. The van der Waals surface area contributed by atoms with Gasteiger partial charge in [0.2, 0.25) is 0 Å². The van der Waals surface area contributed by atoms with Gasteiger partial charge < -0.3 is 15.4 Å². The van der Waals surface area contributed by atoms with Gasteiger partial charge in [0, 0.05) is 11.6 Å². The molecule has 0 radical (unpaired) electrons. The van der Waals surface area contributed by atoms with Crippen LogP contribution in [0.4, 0.5) is 5.69 Å². The Morgan fingerprint density at radius 1 is 1.33 bits per heavy atom. The summed E-state index contributed by atoms with van der Waals surface area (Å²) in [5, 5.41) is 7.10. The van der Waals surface area contributed by atoms with E-state index in [1.807, 2.05) is 25.2 Å². The Balaban J connectivity index is 2.54. The van der Waals surface area contributed by atoms with Gasteiger partial charge in [-0.2, -0.15) is 0 Å². The van der Waals surface area contributed by atoms with E-state index in [0.29, 0.717) is 5.02 Å². The molecule has 0 unspecified atom stereocenters. The molecule has 0 aliphatic rings. The molecule has 1 rings (SSSR count). The molecule has 0 saturated heterocycles. The molecule has 1 aromatic carbocycles. The minimum absolute atomic E-state index is 0.715. The zero-order valence-corrected chi connectivity index (χ0v) is 9.90. The van der Waals surface area contributed by atoms with E-state index in [1.165, 1.54) is 0 Å². The summed E-state index contributed by atoms with van der Waals surface area (Å²) in [6.07, 6.45) is 1.06. The summed E-state index contributed by atoms with van der Waals surface area (Å²) in [7, 11) is 3.60. The van der Waals surface area contributed by atoms with Crippen LogP contribution in [0.15, 0.2) is 18.2 Å². The van der Waals surface area contributed by atoms with Crippen molar-refractivity contribution in [2.75, 3.05) is 32.6 Å². The zero-order valence-electron chi connectivity index (χ0n) is 9.14. The van der Waals surface area contributed by atoms with E-state index in [0.717, 1.165) is 30.9 Å². The molecule has 0 aromatic heterocycles. The first-order valence-corrected chi connectivity index (χ1v) is 5.37. The van der Waals surface area contributed by atoms with E-state index >= 15 is 0 Å². The van der Waals surface area contributed by atoms with E-state index in [-0.39, 0.29) is 0 Å². The van der Waals surface area contributed by atoms with Gasteiger partial charge in [0.25, 0.3) is 0 Å². The Morgan fingerprint density at radius 2 is 2.13 bits per heavy atom. The summed E-state index contributed by atoms with van der Waals surface area (Å²) in [6, 6.07) is 5.56. The number of benzene rings is 1. The van der Waals surface area contributed by atoms with Crippen LogP contribution in [0.3, 0.4) is 0 Å². The minimum atomic E-state index is 0.715. The Bertz CT molecular complexity index is 305. The van der Waals surface area contributed by atoms with Gasteiger partial charge in [-0.3, -0.25) is 0 Å². The van der Waals surface area contributed by atoms with Crippen LogP contribution < -0.4 is 15.4 Å². The van der Waals surface area contributed by atoms with Gasteiger partial charge in [-0.05, 0) is 38.2 Å². The Kier molecular flexibility index (Phi) is 5.29. The maximum absolute atomic E-state index is 5.91. The Hall–Kier alpha value is -0.930. The quantitative estimate of drug-likeness (QED) is 0.734. The van der Waals surface area contributed by atoms with Crippen molar-refractivity contribution in [2.45, 2.75) is 6.42 Å². The first-order chi connectivity index (χ1) is 7.27. The van der Waals surface area contributed by atoms with Gasteiger partial charge in [-0.15, -0.1) is 0 Å². The van der Waals surface area contributed by atoms with Crippen LogP contribution in [0.5, 0.6) is 5.75 Å². The predicted octanol–water partition coefficient (Wildman–Crippen LogP) is 2.37. The number of rotatable bonds is 6. The molecule has 0 saturated carbocycles. The topological polar surface area (TPSA) is 33.3 Å². The van der Waals surface area contributed by atoms with E-state index in [9.17, 15) is 0 Å². The molecule has 0 amide bonds. The number of methoxy groups -OCH3 is 1. The number of nitrogens with one attached hydrogen (secondary N) is 2. The van der Waals surface area contributed by atoms with E-state index in [1.54, 1.807) is 7.11 Å². The first kappa shape index (κ1) is 12.1. The molecule has 84 valence electrons. The minimum Gasteiger partial charge on any atom is -0.495 e. The van der Waals surface area contributed by atoms with Gasteiger partial charge in [0.1, 0.15) is 5.75 Å². The molecule has 0 aliphatic carbocycles. The molecule has 0 atom stereocenters. The molecular formula is C11H17ClN2O. The summed E-state index contributed by atoms with van der Waals surface area (Å²) < 4.78 is 5.22. The van der Waals surface area contributed by atoms with E-state index in [2.05, 4.69) is 10.6 Å². The van der Waals surface area contributed by atoms with Gasteiger partial charge in [-0.25, -0.2) is 0 Å². The van der Waals surface area contributed by atoms with Crippen molar-refractivity contribution in [1.82, 2.24) is 5.32 Å². The molecule has 4 heteroatoms. The van der Waals surface area contributed by atoms with Crippen molar-refractivity contribution in [2.24, 2.45) is 0 Å². The summed E-state index contributed by atoms with van der Waals surface area (Å²) in [6.45, 7) is 1.90. The van der Waals surface area contributed by atoms with Crippen LogP contribution in [0.2, 0.25) is 5.02 Å². The highest BCUT2D eigenvalue weighted by molar-refractivity contribution is 6.30. The second kappa shape index (κ2) is 6.53. The number of ether oxygens (including phenoxy) is 1. The average molecular weight is 229 g/mol. The van der Waals surface area contributed by atoms with Crippen molar-refractivity contribution in [3.05, 3.63) is 23.2 Å². The van der Waals surface area contributed by atoms with Crippen LogP contribution in [-0.4, -0.2) is 27.2 Å². The van der Waals surface area contributed by atoms with Crippen LogP contribution in [0.25, 0.3) is 0 Å². The SMILES string of the molecule is CNCCCNc1cc(Cl)ccc1OC. The highest BCUT2D eigenvalue weighted by atomic mass is 35.5. The largest absolute Gasteiger partial charge is 0.495 e. The number of hydrogen-bond donors (Lipinski definition) is 2. The number of anilines is 1. The fourth-order valence-corrected chi connectivity index (χ4v) is 1.48. The van der Waals surface area contributed by atoms with Crippen LogP contribution in [0, 0.1) is 0 Å². The molecule has 0 bridgehead atoms. The molecule has 0 fully saturated rings. The molecule has 0 spiro atoms. The highest BCUT2D eigenvalue weighted by Gasteiger charge is 2.02.